The summed E-state index contributed by atoms with van der Waals surface area (Å²) in [6.45, 7) is 1.13. The van der Waals surface area contributed by atoms with Gasteiger partial charge in [-0.2, -0.15) is 0 Å². The van der Waals surface area contributed by atoms with E-state index in [1.165, 1.54) is 30.2 Å². The number of carbonyl (C=O) groups excluding carboxylic acids is 2. The molecule has 1 aromatic heterocycles. The third kappa shape index (κ3) is 6.17. The normalized spacial score (nSPS) is 10.9. The molecule has 3 aromatic carbocycles. The molecular weight excluding hydrogens is 457 g/mol. The van der Waals surface area contributed by atoms with E-state index in [-0.39, 0.29) is 31.2 Å². The predicted octanol–water partition coefficient (Wildman–Crippen LogP) is 4.67. The van der Waals surface area contributed by atoms with Crippen molar-refractivity contribution in [3.05, 3.63) is 108 Å². The van der Waals surface area contributed by atoms with Crippen LogP contribution in [0.15, 0.2) is 85.1 Å². The van der Waals surface area contributed by atoms with Crippen LogP contribution < -0.4 is 0 Å². The van der Waals surface area contributed by atoms with E-state index in [0.29, 0.717) is 19.5 Å². The summed E-state index contributed by atoms with van der Waals surface area (Å²) in [5.41, 5.74) is 3.10. The summed E-state index contributed by atoms with van der Waals surface area (Å²) >= 11 is 0. The molecule has 1 N–H and O–H groups in total. The lowest BCUT2D eigenvalue weighted by molar-refractivity contribution is -0.132. The average molecular weight is 488 g/mol. The molecule has 4 rings (SSSR count). The molecule has 36 heavy (non-hydrogen) atoms. The van der Waals surface area contributed by atoms with Crippen molar-refractivity contribution < 1.29 is 18.7 Å². The van der Waals surface area contributed by atoms with Gasteiger partial charge in [0.1, 0.15) is 12.4 Å². The number of hydrogen-bond acceptors (Lipinski definition) is 3. The number of aromatic nitrogens is 1. The van der Waals surface area contributed by atoms with E-state index >= 15 is 0 Å². The molecule has 0 radical (unpaired) electrons. The highest BCUT2D eigenvalue weighted by atomic mass is 19.1. The Labute approximate surface area is 210 Å². The fourth-order valence-electron chi connectivity index (χ4n) is 4.21. The van der Waals surface area contributed by atoms with Crippen molar-refractivity contribution >= 4 is 22.7 Å². The van der Waals surface area contributed by atoms with Crippen LogP contribution in [0.4, 0.5) is 4.39 Å². The number of hydrogen-bond donors (Lipinski definition) is 1. The van der Waals surface area contributed by atoms with Gasteiger partial charge in [-0.3, -0.25) is 9.59 Å². The van der Waals surface area contributed by atoms with Crippen molar-refractivity contribution in [1.82, 2.24) is 14.8 Å². The summed E-state index contributed by atoms with van der Waals surface area (Å²) in [6.07, 6.45) is 2.63. The van der Waals surface area contributed by atoms with Crippen molar-refractivity contribution in [3.8, 4) is 0 Å². The lowest BCUT2D eigenvalue weighted by Crippen LogP contribution is -2.44. The first-order valence-corrected chi connectivity index (χ1v) is 12.0. The van der Waals surface area contributed by atoms with E-state index in [0.717, 1.165) is 22.0 Å². The van der Waals surface area contributed by atoms with E-state index in [4.69, 9.17) is 4.74 Å². The molecule has 6 nitrogen and oxygen atoms in total. The van der Waals surface area contributed by atoms with Gasteiger partial charge in [0.15, 0.2) is 0 Å². The van der Waals surface area contributed by atoms with Crippen LogP contribution in [0.3, 0.4) is 0 Å². The maximum atomic E-state index is 14.3. The summed E-state index contributed by atoms with van der Waals surface area (Å²) in [5.74, 6) is -1.35. The number of carbonyl (C=O) groups is 2. The number of nitrogens with one attached hydrogen (secondary N) is 1. The quantitative estimate of drug-likeness (QED) is 0.335. The van der Waals surface area contributed by atoms with Crippen LogP contribution in [0.25, 0.3) is 10.9 Å². The van der Waals surface area contributed by atoms with Gasteiger partial charge in [0, 0.05) is 43.8 Å². The number of ether oxygens (including phenoxy) is 1. The Morgan fingerprint density at radius 1 is 0.889 bits per heavy atom. The zero-order valence-electron chi connectivity index (χ0n) is 20.3. The zero-order chi connectivity index (χ0) is 25.3. The summed E-state index contributed by atoms with van der Waals surface area (Å²) in [6, 6.07) is 23.6. The number of rotatable bonds is 11. The van der Waals surface area contributed by atoms with Gasteiger partial charge in [0.05, 0.1) is 12.2 Å². The van der Waals surface area contributed by atoms with Gasteiger partial charge in [0.25, 0.3) is 5.91 Å². The van der Waals surface area contributed by atoms with Crippen molar-refractivity contribution in [3.63, 3.8) is 0 Å². The topological polar surface area (TPSA) is 65.6 Å². The Hall–Kier alpha value is -3.97. The minimum Gasteiger partial charge on any atom is -0.383 e. The minimum atomic E-state index is -0.613. The number of halogens is 1. The van der Waals surface area contributed by atoms with Gasteiger partial charge in [-0.25, -0.2) is 4.39 Å². The fourth-order valence-corrected chi connectivity index (χ4v) is 4.21. The third-order valence-corrected chi connectivity index (χ3v) is 6.18. The molecule has 0 fully saturated rings. The molecule has 0 unspecified atom stereocenters. The highest BCUT2D eigenvalue weighted by Gasteiger charge is 2.24. The molecular formula is C29H30FN3O3. The smallest absolute Gasteiger partial charge is 0.257 e. The van der Waals surface area contributed by atoms with Crippen LogP contribution in [0.2, 0.25) is 0 Å². The maximum absolute atomic E-state index is 14.3. The molecule has 7 heteroatoms. The largest absolute Gasteiger partial charge is 0.383 e. The first-order chi connectivity index (χ1) is 17.6. The highest BCUT2D eigenvalue weighted by Crippen LogP contribution is 2.19. The number of benzene rings is 3. The molecule has 0 spiro atoms. The van der Waals surface area contributed by atoms with Crippen molar-refractivity contribution in [2.45, 2.75) is 13.0 Å². The number of nitrogens with zero attached hydrogens (tertiary/aromatic N) is 2. The second-order valence-corrected chi connectivity index (χ2v) is 8.61. The van der Waals surface area contributed by atoms with Crippen LogP contribution in [0.1, 0.15) is 21.5 Å². The fraction of sp³-hybridized carbons (Fsp3) is 0.241. The van der Waals surface area contributed by atoms with Gasteiger partial charge in [-0.15, -0.1) is 0 Å². The highest BCUT2D eigenvalue weighted by molar-refractivity contribution is 5.96. The summed E-state index contributed by atoms with van der Waals surface area (Å²) < 4.78 is 19.5. The molecule has 0 saturated carbocycles. The van der Waals surface area contributed by atoms with E-state index < -0.39 is 11.7 Å². The first-order valence-electron chi connectivity index (χ1n) is 12.0. The Balaban J connectivity index is 1.54. The molecule has 1 heterocycles. The molecule has 0 aliphatic rings. The Morgan fingerprint density at radius 3 is 2.39 bits per heavy atom. The zero-order valence-corrected chi connectivity index (χ0v) is 20.3. The predicted molar refractivity (Wildman–Crippen MR) is 138 cm³/mol. The lowest BCUT2D eigenvalue weighted by atomic mass is 10.1. The van der Waals surface area contributed by atoms with Gasteiger partial charge >= 0.3 is 0 Å². The summed E-state index contributed by atoms with van der Waals surface area (Å²) in [5, 5.41) is 1.13. The second kappa shape index (κ2) is 12.1. The van der Waals surface area contributed by atoms with Gasteiger partial charge in [-0.1, -0.05) is 60.7 Å². The maximum Gasteiger partial charge on any atom is 0.257 e. The van der Waals surface area contributed by atoms with E-state index in [1.807, 2.05) is 54.7 Å². The lowest BCUT2D eigenvalue weighted by Gasteiger charge is -2.28. The molecule has 0 atom stereocenters. The molecule has 4 aromatic rings. The Morgan fingerprint density at radius 2 is 1.61 bits per heavy atom. The summed E-state index contributed by atoms with van der Waals surface area (Å²) in [4.78, 5) is 33.1. The van der Waals surface area contributed by atoms with E-state index in [2.05, 4.69) is 11.1 Å². The van der Waals surface area contributed by atoms with E-state index in [9.17, 15) is 14.0 Å². The van der Waals surface area contributed by atoms with Crippen LogP contribution in [0, 0.1) is 5.82 Å². The first kappa shape index (κ1) is 25.1. The Bertz CT molecular complexity index is 1310. The van der Waals surface area contributed by atoms with Gasteiger partial charge in [-0.05, 0) is 35.7 Å². The van der Waals surface area contributed by atoms with Gasteiger partial charge < -0.3 is 19.5 Å². The number of methoxy groups -OCH3 is 1. The van der Waals surface area contributed by atoms with Crippen LogP contribution in [0.5, 0.6) is 0 Å². The molecule has 0 aliphatic carbocycles. The number of H-pyrrole nitrogens is 1. The van der Waals surface area contributed by atoms with Crippen LogP contribution in [-0.4, -0.2) is 59.9 Å². The van der Waals surface area contributed by atoms with Crippen molar-refractivity contribution in [1.29, 1.82) is 0 Å². The molecule has 0 saturated heterocycles. The minimum absolute atomic E-state index is 0.0604. The molecule has 2 amide bonds. The summed E-state index contributed by atoms with van der Waals surface area (Å²) in [7, 11) is 1.52. The van der Waals surface area contributed by atoms with Crippen LogP contribution >= 0.6 is 0 Å². The molecule has 0 aliphatic heterocycles. The standard InChI is InChI=1S/C29H30FN3O3/c1-36-18-17-33(29(35)25-12-5-7-13-26(25)30)21-28(34)32(20-22-9-3-2-4-10-22)16-15-23-19-31-27-14-8-6-11-24(23)27/h2-14,19,31H,15-18,20-21H2,1H3. The number of aromatic amines is 1. The molecule has 0 bridgehead atoms. The van der Waals surface area contributed by atoms with Gasteiger partial charge in [0.2, 0.25) is 5.91 Å². The SMILES string of the molecule is COCCN(CC(=O)N(CCc1c[nH]c2ccccc12)Cc1ccccc1)C(=O)c1ccccc1F. The van der Waals surface area contributed by atoms with Crippen LogP contribution in [-0.2, 0) is 22.5 Å². The average Bonchev–Trinajstić information content (AvgIpc) is 3.32. The number of para-hydroxylation sites is 1. The van der Waals surface area contributed by atoms with Crippen molar-refractivity contribution in [2.75, 3.05) is 33.4 Å². The Kier molecular flexibility index (Phi) is 8.47. The second-order valence-electron chi connectivity index (χ2n) is 8.61. The van der Waals surface area contributed by atoms with Crippen molar-refractivity contribution in [2.24, 2.45) is 0 Å². The monoisotopic (exact) mass is 487 g/mol. The molecule has 186 valence electrons. The van der Waals surface area contributed by atoms with E-state index in [1.54, 1.807) is 11.0 Å². The third-order valence-electron chi connectivity index (χ3n) is 6.18. The number of fused-ring (bicyclic) bond motifs is 1. The number of amides is 2.